The van der Waals surface area contributed by atoms with E-state index < -0.39 is 11.9 Å². The van der Waals surface area contributed by atoms with Gasteiger partial charge in [-0.25, -0.2) is 0 Å². The number of carboxylic acid groups (broad SMARTS) is 1. The van der Waals surface area contributed by atoms with Crippen LogP contribution in [0.5, 0.6) is 11.5 Å². The number of carboxylic acids is 1. The SMILES string of the molecule is COc1ccc(OCC(=O)Nc2ccc(C(=O)Nc3ccccc3C(=O)[O-])cc2)cc1. The molecule has 31 heavy (non-hydrogen) atoms. The quantitative estimate of drug-likeness (QED) is 0.579. The van der Waals surface area contributed by atoms with Crippen molar-refractivity contribution >= 4 is 29.2 Å². The number of carbonyl (C=O) groups is 3. The zero-order valence-electron chi connectivity index (χ0n) is 16.6. The summed E-state index contributed by atoms with van der Waals surface area (Å²) in [5.74, 6) is -1.03. The van der Waals surface area contributed by atoms with Gasteiger partial charge in [-0.2, -0.15) is 0 Å². The number of benzene rings is 3. The molecule has 3 aromatic carbocycles. The summed E-state index contributed by atoms with van der Waals surface area (Å²) in [7, 11) is 1.56. The molecule has 0 bridgehead atoms. The number of para-hydroxylation sites is 1. The first-order valence-electron chi connectivity index (χ1n) is 9.25. The van der Waals surface area contributed by atoms with E-state index in [4.69, 9.17) is 9.47 Å². The first-order valence-corrected chi connectivity index (χ1v) is 9.25. The Labute approximate surface area is 178 Å². The van der Waals surface area contributed by atoms with Crippen molar-refractivity contribution < 1.29 is 29.0 Å². The number of nitrogens with one attached hydrogen (secondary N) is 2. The Kier molecular flexibility index (Phi) is 6.85. The lowest BCUT2D eigenvalue weighted by Crippen LogP contribution is -2.24. The van der Waals surface area contributed by atoms with Gasteiger partial charge in [-0.3, -0.25) is 9.59 Å². The molecular weight excluding hydrogens is 400 g/mol. The molecule has 8 heteroatoms. The number of hydrogen-bond acceptors (Lipinski definition) is 6. The van der Waals surface area contributed by atoms with Gasteiger partial charge in [0, 0.05) is 16.8 Å². The average molecular weight is 419 g/mol. The predicted molar refractivity (Wildman–Crippen MR) is 112 cm³/mol. The van der Waals surface area contributed by atoms with Crippen molar-refractivity contribution in [2.24, 2.45) is 0 Å². The first-order chi connectivity index (χ1) is 15.0. The molecule has 0 radical (unpaired) electrons. The van der Waals surface area contributed by atoms with Crippen molar-refractivity contribution in [3.8, 4) is 11.5 Å². The zero-order chi connectivity index (χ0) is 22.2. The van der Waals surface area contributed by atoms with Crippen molar-refractivity contribution in [3.63, 3.8) is 0 Å². The van der Waals surface area contributed by atoms with Gasteiger partial charge in [-0.15, -0.1) is 0 Å². The Bertz CT molecular complexity index is 1080. The van der Waals surface area contributed by atoms with Crippen LogP contribution in [0.1, 0.15) is 20.7 Å². The van der Waals surface area contributed by atoms with E-state index in [9.17, 15) is 19.5 Å². The Balaban J connectivity index is 1.55. The molecule has 0 saturated carbocycles. The lowest BCUT2D eigenvalue weighted by atomic mass is 10.1. The van der Waals surface area contributed by atoms with Crippen LogP contribution in [0.15, 0.2) is 72.8 Å². The van der Waals surface area contributed by atoms with Crippen LogP contribution in [0.25, 0.3) is 0 Å². The highest BCUT2D eigenvalue weighted by Gasteiger charge is 2.10. The summed E-state index contributed by atoms with van der Waals surface area (Å²) in [6.07, 6.45) is 0. The van der Waals surface area contributed by atoms with Gasteiger partial charge in [-0.1, -0.05) is 18.2 Å². The van der Waals surface area contributed by atoms with Gasteiger partial charge in [0.15, 0.2) is 6.61 Å². The minimum Gasteiger partial charge on any atom is -0.545 e. The van der Waals surface area contributed by atoms with Gasteiger partial charge in [0.05, 0.1) is 18.8 Å². The third-order valence-electron chi connectivity index (χ3n) is 4.26. The van der Waals surface area contributed by atoms with Crippen molar-refractivity contribution in [2.45, 2.75) is 0 Å². The molecule has 3 rings (SSSR count). The first kappa shape index (κ1) is 21.4. The topological polar surface area (TPSA) is 117 Å². The third kappa shape index (κ3) is 5.83. The van der Waals surface area contributed by atoms with Crippen LogP contribution in [0.4, 0.5) is 11.4 Å². The number of methoxy groups -OCH3 is 1. The van der Waals surface area contributed by atoms with E-state index in [-0.39, 0.29) is 23.8 Å². The third-order valence-corrected chi connectivity index (χ3v) is 4.26. The summed E-state index contributed by atoms with van der Waals surface area (Å²) < 4.78 is 10.5. The number of anilines is 2. The monoisotopic (exact) mass is 419 g/mol. The summed E-state index contributed by atoms with van der Waals surface area (Å²) in [5.41, 5.74) is 0.799. The number of ether oxygens (including phenoxy) is 2. The van der Waals surface area contributed by atoms with E-state index in [0.717, 1.165) is 0 Å². The van der Waals surface area contributed by atoms with Crippen molar-refractivity contribution in [1.29, 1.82) is 0 Å². The maximum atomic E-state index is 12.4. The van der Waals surface area contributed by atoms with Crippen LogP contribution in [0.2, 0.25) is 0 Å². The van der Waals surface area contributed by atoms with Crippen LogP contribution in [0, 0.1) is 0 Å². The van der Waals surface area contributed by atoms with Gasteiger partial charge in [0.25, 0.3) is 11.8 Å². The summed E-state index contributed by atoms with van der Waals surface area (Å²) in [6.45, 7) is -0.186. The Morgan fingerprint density at radius 3 is 2.13 bits per heavy atom. The molecule has 0 heterocycles. The zero-order valence-corrected chi connectivity index (χ0v) is 16.6. The molecule has 0 aliphatic rings. The fourth-order valence-electron chi connectivity index (χ4n) is 2.69. The molecule has 0 saturated heterocycles. The molecule has 2 N–H and O–H groups in total. The van der Waals surface area contributed by atoms with Gasteiger partial charge in [0.1, 0.15) is 11.5 Å². The minimum absolute atomic E-state index is 0.114. The van der Waals surface area contributed by atoms with Crippen LogP contribution in [0.3, 0.4) is 0 Å². The minimum atomic E-state index is -1.38. The van der Waals surface area contributed by atoms with Gasteiger partial charge in [-0.05, 0) is 54.6 Å². The van der Waals surface area contributed by atoms with Gasteiger partial charge >= 0.3 is 0 Å². The lowest BCUT2D eigenvalue weighted by Gasteiger charge is -2.12. The molecule has 0 fully saturated rings. The molecule has 2 amide bonds. The number of rotatable bonds is 8. The molecule has 158 valence electrons. The summed E-state index contributed by atoms with van der Waals surface area (Å²) in [4.78, 5) is 35.6. The Hall–Kier alpha value is -4.33. The highest BCUT2D eigenvalue weighted by Crippen LogP contribution is 2.18. The normalized spacial score (nSPS) is 10.1. The van der Waals surface area contributed by atoms with Crippen molar-refractivity contribution in [1.82, 2.24) is 0 Å². The number of aromatic carboxylic acids is 1. The average Bonchev–Trinajstić information content (AvgIpc) is 2.78. The molecule has 8 nitrogen and oxygen atoms in total. The van der Waals surface area contributed by atoms with E-state index in [2.05, 4.69) is 10.6 Å². The van der Waals surface area contributed by atoms with Gasteiger partial charge < -0.3 is 30.0 Å². The largest absolute Gasteiger partial charge is 0.545 e. The summed E-state index contributed by atoms with van der Waals surface area (Å²) >= 11 is 0. The second kappa shape index (κ2) is 9.93. The van der Waals surface area contributed by atoms with Crippen LogP contribution in [-0.2, 0) is 4.79 Å². The van der Waals surface area contributed by atoms with E-state index in [0.29, 0.717) is 22.7 Å². The molecule has 0 unspecified atom stereocenters. The fraction of sp³-hybridized carbons (Fsp3) is 0.0870. The predicted octanol–water partition coefficient (Wildman–Crippen LogP) is 2.33. The molecule has 0 spiro atoms. The molecule has 0 aliphatic heterocycles. The highest BCUT2D eigenvalue weighted by atomic mass is 16.5. The highest BCUT2D eigenvalue weighted by molar-refractivity contribution is 6.07. The van der Waals surface area contributed by atoms with Crippen LogP contribution < -0.4 is 25.2 Å². The maximum absolute atomic E-state index is 12.4. The second-order valence-corrected chi connectivity index (χ2v) is 6.38. The Morgan fingerprint density at radius 2 is 1.48 bits per heavy atom. The molecule has 0 atom stereocenters. The maximum Gasteiger partial charge on any atom is 0.262 e. The number of carbonyl (C=O) groups excluding carboxylic acids is 3. The van der Waals surface area contributed by atoms with Crippen LogP contribution >= 0.6 is 0 Å². The molecular formula is C23H19N2O6-. The number of hydrogen-bond donors (Lipinski definition) is 2. The number of amides is 2. The van der Waals surface area contributed by atoms with E-state index in [1.807, 2.05) is 0 Å². The fourth-order valence-corrected chi connectivity index (χ4v) is 2.69. The van der Waals surface area contributed by atoms with Crippen molar-refractivity contribution in [3.05, 3.63) is 83.9 Å². The van der Waals surface area contributed by atoms with E-state index in [1.54, 1.807) is 49.6 Å². The van der Waals surface area contributed by atoms with E-state index >= 15 is 0 Å². The second-order valence-electron chi connectivity index (χ2n) is 6.38. The Morgan fingerprint density at radius 1 is 0.839 bits per heavy atom. The standard InChI is InChI=1S/C23H20N2O6/c1-30-17-10-12-18(13-11-17)31-14-21(26)24-16-8-6-15(7-9-16)22(27)25-20-5-3-2-4-19(20)23(28)29/h2-13H,14H2,1H3,(H,24,26)(H,25,27)(H,28,29)/p-1. The summed E-state index contributed by atoms with van der Waals surface area (Å²) in [6, 6.07) is 18.9. The van der Waals surface area contributed by atoms with Gasteiger partial charge in [0.2, 0.25) is 0 Å². The molecule has 0 aromatic heterocycles. The lowest BCUT2D eigenvalue weighted by molar-refractivity contribution is -0.254. The smallest absolute Gasteiger partial charge is 0.262 e. The van der Waals surface area contributed by atoms with E-state index in [1.165, 1.54) is 30.3 Å². The molecule has 3 aromatic rings. The molecule has 0 aliphatic carbocycles. The van der Waals surface area contributed by atoms with Crippen molar-refractivity contribution in [2.75, 3.05) is 24.4 Å². The van der Waals surface area contributed by atoms with Crippen LogP contribution in [-0.4, -0.2) is 31.5 Å². The summed E-state index contributed by atoms with van der Waals surface area (Å²) in [5, 5.41) is 16.3.